The molecule has 0 bridgehead atoms. The molecule has 0 spiro atoms. The molecule has 0 unspecified atom stereocenters. The van der Waals surface area contributed by atoms with Crippen LogP contribution in [0, 0.1) is 5.41 Å². The molecule has 0 saturated carbocycles. The summed E-state index contributed by atoms with van der Waals surface area (Å²) in [5.41, 5.74) is 5.36. The molecule has 4 aromatic carbocycles. The largest absolute Gasteiger partial charge is 0.497 e. The zero-order valence-corrected chi connectivity index (χ0v) is 47.3. The van der Waals surface area contributed by atoms with E-state index in [1.165, 1.54) is 14.2 Å². The average molecular weight is 1070 g/mol. The number of carbonyl (C=O) groups is 4. The van der Waals surface area contributed by atoms with E-state index in [-0.39, 0.29) is 23.8 Å². The van der Waals surface area contributed by atoms with Gasteiger partial charge in [0.15, 0.2) is 0 Å². The van der Waals surface area contributed by atoms with Crippen molar-refractivity contribution in [3.8, 4) is 45.8 Å². The highest BCUT2D eigenvalue weighted by atomic mass is 32.2. The first kappa shape index (κ1) is 60.1. The number of benzene rings is 4. The molecule has 6 aromatic rings. The van der Waals surface area contributed by atoms with Crippen molar-refractivity contribution in [3.05, 3.63) is 84.9 Å². The van der Waals surface area contributed by atoms with E-state index in [0.717, 1.165) is 132 Å². The number of amides is 2. The number of esters is 2. The minimum Gasteiger partial charge on any atom is -0.497 e. The Morgan fingerprint density at radius 1 is 0.539 bits per heavy atom. The molecule has 76 heavy (non-hydrogen) atoms. The topological polar surface area (TPSA) is 166 Å². The van der Waals surface area contributed by atoms with Crippen molar-refractivity contribution >= 4 is 57.6 Å². The van der Waals surface area contributed by atoms with E-state index >= 15 is 0 Å². The van der Waals surface area contributed by atoms with Crippen LogP contribution in [0.5, 0.6) is 23.0 Å². The van der Waals surface area contributed by atoms with Gasteiger partial charge in [-0.05, 0) is 130 Å². The van der Waals surface area contributed by atoms with E-state index in [1.807, 2.05) is 131 Å². The lowest BCUT2D eigenvalue weighted by Crippen LogP contribution is -2.37. The Morgan fingerprint density at radius 2 is 0.961 bits per heavy atom. The van der Waals surface area contributed by atoms with Crippen LogP contribution in [-0.2, 0) is 41.7 Å². The third kappa shape index (κ3) is 18.2. The number of carbonyl (C=O) groups excluding carboxylic acids is 4. The maximum atomic E-state index is 12.6. The van der Waals surface area contributed by atoms with Crippen LogP contribution in [0.4, 0.5) is 0 Å². The Kier molecular flexibility index (Phi) is 24.3. The summed E-state index contributed by atoms with van der Waals surface area (Å²) in [5.74, 6) is 5.70. The van der Waals surface area contributed by atoms with E-state index in [4.69, 9.17) is 28.9 Å². The maximum Gasteiger partial charge on any atom is 0.305 e. The van der Waals surface area contributed by atoms with E-state index in [9.17, 15) is 19.2 Å². The number of hydrogen-bond donors (Lipinski definition) is 0. The summed E-state index contributed by atoms with van der Waals surface area (Å²) in [7, 11) is 9.87. The minimum absolute atomic E-state index is 0.130. The molecule has 2 amide bonds. The number of fused-ring (bicyclic) bond motifs is 2. The van der Waals surface area contributed by atoms with E-state index in [0.29, 0.717) is 52.1 Å². The molecule has 0 aliphatic carbocycles. The monoisotopic (exact) mass is 1060 g/mol. The molecule has 17 heteroatoms. The molecular formula is C59H80N6O10S. The number of ether oxygens (including phenoxy) is 6. The number of hydrogen-bond acceptors (Lipinski definition) is 13. The fourth-order valence-electron chi connectivity index (χ4n) is 8.55. The first-order valence-corrected chi connectivity index (χ1v) is 27.7. The summed E-state index contributed by atoms with van der Waals surface area (Å²) in [6, 6.07) is 27.7. The third-order valence-corrected chi connectivity index (χ3v) is 13.5. The van der Waals surface area contributed by atoms with Gasteiger partial charge in [0.1, 0.15) is 34.6 Å². The van der Waals surface area contributed by atoms with Crippen LogP contribution in [0.2, 0.25) is 0 Å². The van der Waals surface area contributed by atoms with Gasteiger partial charge in [-0.3, -0.25) is 19.2 Å². The Morgan fingerprint density at radius 3 is 1.36 bits per heavy atom. The molecule has 0 N–H and O–H groups in total. The van der Waals surface area contributed by atoms with E-state index in [2.05, 4.69) is 18.6 Å². The van der Waals surface area contributed by atoms with Crippen molar-refractivity contribution in [2.24, 2.45) is 5.41 Å². The Labute approximate surface area is 453 Å². The van der Waals surface area contributed by atoms with Crippen LogP contribution in [0.15, 0.2) is 84.9 Å². The molecule has 0 aliphatic rings. The number of thioether (sulfide) groups is 1. The molecule has 2 aromatic heterocycles. The summed E-state index contributed by atoms with van der Waals surface area (Å²) >= 11 is 1.69. The molecule has 412 valence electrons. The summed E-state index contributed by atoms with van der Waals surface area (Å²) in [6.45, 7) is 9.73. The van der Waals surface area contributed by atoms with Gasteiger partial charge in [0.2, 0.25) is 11.8 Å². The van der Waals surface area contributed by atoms with Gasteiger partial charge in [0.25, 0.3) is 0 Å². The van der Waals surface area contributed by atoms with Crippen molar-refractivity contribution in [1.82, 2.24) is 28.9 Å². The summed E-state index contributed by atoms with van der Waals surface area (Å²) < 4.78 is 36.5. The molecular weight excluding hydrogens is 985 g/mol. The summed E-state index contributed by atoms with van der Waals surface area (Å²) in [5, 5.41) is 0. The smallest absolute Gasteiger partial charge is 0.305 e. The highest BCUT2D eigenvalue weighted by Crippen LogP contribution is 2.32. The second-order valence-electron chi connectivity index (χ2n) is 19.6. The summed E-state index contributed by atoms with van der Waals surface area (Å²) in [4.78, 5) is 61.0. The zero-order chi connectivity index (χ0) is 55.0. The Balaban J connectivity index is 0.000000281. The van der Waals surface area contributed by atoms with Gasteiger partial charge < -0.3 is 47.4 Å². The van der Waals surface area contributed by atoms with Gasteiger partial charge >= 0.3 is 11.9 Å². The molecule has 0 fully saturated rings. The van der Waals surface area contributed by atoms with Crippen LogP contribution in [0.1, 0.15) is 91.4 Å². The van der Waals surface area contributed by atoms with Crippen molar-refractivity contribution in [2.45, 2.75) is 104 Å². The van der Waals surface area contributed by atoms with Crippen LogP contribution < -0.4 is 18.9 Å². The van der Waals surface area contributed by atoms with Crippen LogP contribution in [-0.4, -0.2) is 134 Å². The predicted molar refractivity (Wildman–Crippen MR) is 302 cm³/mol. The molecule has 0 atom stereocenters. The quantitative estimate of drug-likeness (QED) is 0.0322. The molecule has 6 rings (SSSR count). The minimum atomic E-state index is -0.406. The van der Waals surface area contributed by atoms with Gasteiger partial charge in [0, 0.05) is 94.0 Å². The number of unbranched alkanes of at least 4 members (excludes halogenated alkanes) is 4. The first-order valence-electron chi connectivity index (χ1n) is 26.3. The van der Waals surface area contributed by atoms with Crippen molar-refractivity contribution < 1.29 is 47.6 Å². The lowest BCUT2D eigenvalue weighted by atomic mass is 9.95. The SMILES string of the molecule is COC(=O)CCCCCOc1ccc2nc(-c3ccc(OC)cc3)n(CCCN(C)C(=O)C(C)(C)C)c2c1.COC(=O)CCCCCOc1ccc2nc(-c3ccc(OC)cc3)n(CCCN(C)C(=O)CCSC)c2c1. The number of imidazole rings is 2. The Bertz CT molecular complexity index is 2770. The molecule has 0 radical (unpaired) electrons. The first-order chi connectivity index (χ1) is 36.6. The highest BCUT2D eigenvalue weighted by molar-refractivity contribution is 7.98. The average Bonchev–Trinajstić information content (AvgIpc) is 4.00. The lowest BCUT2D eigenvalue weighted by molar-refractivity contribution is -0.141. The number of nitrogens with zero attached hydrogens (tertiary/aromatic N) is 6. The van der Waals surface area contributed by atoms with Crippen molar-refractivity contribution in [1.29, 1.82) is 0 Å². The van der Waals surface area contributed by atoms with Crippen molar-refractivity contribution in [2.75, 3.05) is 80.8 Å². The lowest BCUT2D eigenvalue weighted by Gasteiger charge is -2.26. The molecule has 0 saturated heterocycles. The molecule has 0 aliphatic heterocycles. The van der Waals surface area contributed by atoms with Gasteiger partial charge in [-0.1, -0.05) is 20.8 Å². The van der Waals surface area contributed by atoms with E-state index < -0.39 is 5.41 Å². The van der Waals surface area contributed by atoms with Gasteiger partial charge in [-0.2, -0.15) is 11.8 Å². The van der Waals surface area contributed by atoms with Gasteiger partial charge in [-0.25, -0.2) is 9.97 Å². The second-order valence-corrected chi connectivity index (χ2v) is 20.6. The number of aryl methyl sites for hydroxylation is 2. The highest BCUT2D eigenvalue weighted by Gasteiger charge is 2.25. The standard InChI is InChI=1S/C30H41N3O5.C29H39N3O5S/c1-30(2,3)29(35)32(4)18-10-19-33-26-21-24(38-20-9-7-8-11-27(34)37-6)16-17-25(26)31-28(33)22-12-14-23(36-5)15-13-22;1-31(27(33)16-20-38-4)17-8-18-32-26-21-24(37-19-7-5-6-9-28(34)36-3)14-15-25(26)30-29(32)22-10-12-23(35-2)13-11-22/h12-17,21H,7-11,18-20H2,1-6H3;10-15,21H,5-9,16-20H2,1-4H3. The maximum absolute atomic E-state index is 12.6. The molecule has 16 nitrogen and oxygen atoms in total. The Hall–Kier alpha value is -6.75. The number of methoxy groups -OCH3 is 4. The third-order valence-electron chi connectivity index (χ3n) is 12.9. The zero-order valence-electron chi connectivity index (χ0n) is 46.5. The van der Waals surface area contributed by atoms with Gasteiger partial charge in [-0.15, -0.1) is 0 Å². The normalized spacial score (nSPS) is 11.2. The van der Waals surface area contributed by atoms with Crippen LogP contribution in [0.25, 0.3) is 44.8 Å². The fourth-order valence-corrected chi connectivity index (χ4v) is 8.93. The number of rotatable bonds is 29. The van der Waals surface area contributed by atoms with Crippen LogP contribution >= 0.6 is 11.8 Å². The predicted octanol–water partition coefficient (Wildman–Crippen LogP) is 11.1. The van der Waals surface area contributed by atoms with Gasteiger partial charge in [0.05, 0.1) is 63.7 Å². The molecule has 2 heterocycles. The van der Waals surface area contributed by atoms with Crippen molar-refractivity contribution in [3.63, 3.8) is 0 Å². The van der Waals surface area contributed by atoms with E-state index in [1.54, 1.807) is 30.9 Å². The number of aromatic nitrogens is 4. The van der Waals surface area contributed by atoms with Crippen LogP contribution in [0.3, 0.4) is 0 Å². The fraction of sp³-hybridized carbons (Fsp3) is 0.492. The summed E-state index contributed by atoms with van der Waals surface area (Å²) in [6.07, 6.45) is 10.2. The second kappa shape index (κ2) is 30.7.